The quantitative estimate of drug-likeness (QED) is 0.665. The molecule has 0 radical (unpaired) electrons. The SMILES string of the molecule is CCC(C#N)=C(Cl)c1ccsc1. The number of nitrogens with zero attached hydrogens (tertiary/aromatic N) is 1. The summed E-state index contributed by atoms with van der Waals surface area (Å²) >= 11 is 7.56. The van der Waals surface area contributed by atoms with E-state index in [1.165, 1.54) is 0 Å². The first-order chi connectivity index (χ1) is 5.79. The Kier molecular flexibility index (Phi) is 3.33. The minimum atomic E-state index is 0.584. The average molecular weight is 198 g/mol. The van der Waals surface area contributed by atoms with Crippen molar-refractivity contribution in [2.75, 3.05) is 0 Å². The van der Waals surface area contributed by atoms with Crippen LogP contribution < -0.4 is 0 Å². The van der Waals surface area contributed by atoms with Gasteiger partial charge in [0, 0.05) is 11.1 Å². The number of hydrogen-bond donors (Lipinski definition) is 0. The largest absolute Gasteiger partial charge is 0.193 e. The van der Waals surface area contributed by atoms with Gasteiger partial charge in [0.25, 0.3) is 0 Å². The zero-order valence-electron chi connectivity index (χ0n) is 6.67. The molecule has 0 amide bonds. The Labute approximate surface area is 80.9 Å². The molecular weight excluding hydrogens is 190 g/mol. The van der Waals surface area contributed by atoms with Crippen molar-refractivity contribution in [3.63, 3.8) is 0 Å². The maximum absolute atomic E-state index is 8.71. The molecule has 62 valence electrons. The van der Waals surface area contributed by atoms with E-state index in [4.69, 9.17) is 16.9 Å². The van der Waals surface area contributed by atoms with E-state index < -0.39 is 0 Å². The second kappa shape index (κ2) is 4.30. The molecule has 1 aromatic heterocycles. The molecule has 0 atom stereocenters. The lowest BCUT2D eigenvalue weighted by molar-refractivity contribution is 1.16. The van der Waals surface area contributed by atoms with Gasteiger partial charge in [-0.3, -0.25) is 0 Å². The van der Waals surface area contributed by atoms with Crippen LogP contribution in [-0.2, 0) is 0 Å². The molecule has 0 aliphatic heterocycles. The molecule has 0 bridgehead atoms. The van der Waals surface area contributed by atoms with Crippen LogP contribution in [0.3, 0.4) is 0 Å². The third-order valence-corrected chi connectivity index (χ3v) is 2.66. The minimum Gasteiger partial charge on any atom is -0.193 e. The van der Waals surface area contributed by atoms with Gasteiger partial charge in [0.2, 0.25) is 0 Å². The van der Waals surface area contributed by atoms with Crippen LogP contribution in [0.15, 0.2) is 22.4 Å². The monoisotopic (exact) mass is 197 g/mol. The zero-order valence-corrected chi connectivity index (χ0v) is 8.25. The molecule has 1 heterocycles. The van der Waals surface area contributed by atoms with E-state index in [0.29, 0.717) is 17.0 Å². The van der Waals surface area contributed by atoms with E-state index in [0.717, 1.165) is 5.56 Å². The van der Waals surface area contributed by atoms with Crippen LogP contribution in [0.2, 0.25) is 0 Å². The standard InChI is InChI=1S/C9H8ClNS/c1-2-7(5-11)9(10)8-3-4-12-6-8/h3-4,6H,2H2,1H3. The summed E-state index contributed by atoms with van der Waals surface area (Å²) in [5.41, 5.74) is 1.59. The van der Waals surface area contributed by atoms with Gasteiger partial charge in [-0.2, -0.15) is 16.6 Å². The van der Waals surface area contributed by atoms with Crippen molar-refractivity contribution in [2.45, 2.75) is 13.3 Å². The van der Waals surface area contributed by atoms with Gasteiger partial charge in [-0.05, 0) is 23.2 Å². The van der Waals surface area contributed by atoms with Crippen molar-refractivity contribution in [1.29, 1.82) is 5.26 Å². The van der Waals surface area contributed by atoms with Crippen molar-refractivity contribution in [3.8, 4) is 6.07 Å². The fraction of sp³-hybridized carbons (Fsp3) is 0.222. The second-order valence-electron chi connectivity index (χ2n) is 2.27. The molecule has 0 saturated heterocycles. The predicted molar refractivity (Wildman–Crippen MR) is 53.0 cm³/mol. The number of halogens is 1. The second-order valence-corrected chi connectivity index (χ2v) is 3.43. The van der Waals surface area contributed by atoms with Gasteiger partial charge in [-0.25, -0.2) is 0 Å². The number of rotatable bonds is 2. The number of allylic oxidation sites excluding steroid dienone is 1. The lowest BCUT2D eigenvalue weighted by atomic mass is 10.1. The van der Waals surface area contributed by atoms with Gasteiger partial charge in [0.05, 0.1) is 11.1 Å². The van der Waals surface area contributed by atoms with Crippen molar-refractivity contribution in [2.24, 2.45) is 0 Å². The molecule has 12 heavy (non-hydrogen) atoms. The van der Waals surface area contributed by atoms with Crippen molar-refractivity contribution >= 4 is 28.0 Å². The van der Waals surface area contributed by atoms with E-state index >= 15 is 0 Å². The van der Waals surface area contributed by atoms with E-state index in [9.17, 15) is 0 Å². The van der Waals surface area contributed by atoms with Crippen LogP contribution >= 0.6 is 22.9 Å². The third kappa shape index (κ3) is 1.88. The highest BCUT2D eigenvalue weighted by atomic mass is 35.5. The summed E-state index contributed by atoms with van der Waals surface area (Å²) < 4.78 is 0. The van der Waals surface area contributed by atoms with E-state index in [1.807, 2.05) is 23.8 Å². The van der Waals surface area contributed by atoms with Crippen LogP contribution in [0.5, 0.6) is 0 Å². The molecule has 0 fully saturated rings. The Morgan fingerprint density at radius 2 is 2.50 bits per heavy atom. The maximum atomic E-state index is 8.71. The summed E-state index contributed by atoms with van der Waals surface area (Å²) in [6.45, 7) is 1.92. The molecule has 0 N–H and O–H groups in total. The Bertz CT molecular complexity index is 319. The highest BCUT2D eigenvalue weighted by molar-refractivity contribution is 7.08. The van der Waals surface area contributed by atoms with Crippen LogP contribution in [0.25, 0.3) is 5.03 Å². The van der Waals surface area contributed by atoms with E-state index in [1.54, 1.807) is 11.3 Å². The third-order valence-electron chi connectivity index (χ3n) is 1.53. The van der Waals surface area contributed by atoms with Crippen molar-refractivity contribution < 1.29 is 0 Å². The summed E-state index contributed by atoms with van der Waals surface area (Å²) in [6, 6.07) is 4.01. The predicted octanol–water partition coefficient (Wildman–Crippen LogP) is 3.63. The molecule has 0 aliphatic rings. The van der Waals surface area contributed by atoms with E-state index in [2.05, 4.69) is 6.07 Å². The van der Waals surface area contributed by atoms with Gasteiger partial charge < -0.3 is 0 Å². The maximum Gasteiger partial charge on any atom is 0.0962 e. The molecule has 0 aliphatic carbocycles. The minimum absolute atomic E-state index is 0.584. The average Bonchev–Trinajstić information content (AvgIpc) is 2.58. The summed E-state index contributed by atoms with van der Waals surface area (Å²) in [5, 5.41) is 13.2. The van der Waals surface area contributed by atoms with Gasteiger partial charge in [-0.1, -0.05) is 18.5 Å². The first kappa shape index (κ1) is 9.31. The summed E-state index contributed by atoms with van der Waals surface area (Å²) in [4.78, 5) is 0. The molecule has 1 aromatic rings. The molecule has 0 saturated carbocycles. The molecule has 0 spiro atoms. The summed E-state index contributed by atoms with van der Waals surface area (Å²) in [5.74, 6) is 0. The number of nitriles is 1. The first-order valence-electron chi connectivity index (χ1n) is 3.61. The molecule has 1 rings (SSSR count). The normalized spacial score (nSPS) is 12.1. The van der Waals surface area contributed by atoms with Gasteiger partial charge in [-0.15, -0.1) is 0 Å². The summed E-state index contributed by atoms with van der Waals surface area (Å²) in [6.07, 6.45) is 0.686. The van der Waals surface area contributed by atoms with Crippen LogP contribution in [-0.4, -0.2) is 0 Å². The highest BCUT2D eigenvalue weighted by Gasteiger charge is 2.04. The summed E-state index contributed by atoms with van der Waals surface area (Å²) in [7, 11) is 0. The van der Waals surface area contributed by atoms with Crippen molar-refractivity contribution in [3.05, 3.63) is 28.0 Å². The Morgan fingerprint density at radius 3 is 2.92 bits per heavy atom. The Morgan fingerprint density at radius 1 is 1.75 bits per heavy atom. The van der Waals surface area contributed by atoms with Gasteiger partial charge in [0.15, 0.2) is 0 Å². The van der Waals surface area contributed by atoms with E-state index in [-0.39, 0.29) is 0 Å². The Hall–Kier alpha value is -0.780. The lowest BCUT2D eigenvalue weighted by Gasteiger charge is -1.96. The molecule has 1 nitrogen and oxygen atoms in total. The first-order valence-corrected chi connectivity index (χ1v) is 4.93. The fourth-order valence-corrected chi connectivity index (χ4v) is 1.85. The van der Waals surface area contributed by atoms with Crippen LogP contribution in [0.1, 0.15) is 18.9 Å². The van der Waals surface area contributed by atoms with Crippen LogP contribution in [0, 0.1) is 11.3 Å². The van der Waals surface area contributed by atoms with Crippen LogP contribution in [0.4, 0.5) is 0 Å². The topological polar surface area (TPSA) is 23.8 Å². The van der Waals surface area contributed by atoms with Gasteiger partial charge >= 0.3 is 0 Å². The Balaban J connectivity index is 3.05. The smallest absolute Gasteiger partial charge is 0.0962 e. The lowest BCUT2D eigenvalue weighted by Crippen LogP contribution is -1.79. The van der Waals surface area contributed by atoms with Gasteiger partial charge in [0.1, 0.15) is 0 Å². The highest BCUT2D eigenvalue weighted by Crippen LogP contribution is 2.25. The molecule has 0 unspecified atom stereocenters. The fourth-order valence-electron chi connectivity index (χ4n) is 0.847. The molecule has 3 heteroatoms. The molecular formula is C9H8ClNS. The zero-order chi connectivity index (χ0) is 8.97. The number of thiophene rings is 1. The van der Waals surface area contributed by atoms with Crippen molar-refractivity contribution in [1.82, 2.24) is 0 Å². The number of hydrogen-bond acceptors (Lipinski definition) is 2. The molecule has 0 aromatic carbocycles.